The number of nitrogens with one attached hydrogen (secondary N) is 1. The molecular formula is C11H22N2O2S. The topological polar surface area (TPSA) is 49.4 Å². The van der Waals surface area contributed by atoms with E-state index in [4.69, 9.17) is 0 Å². The summed E-state index contributed by atoms with van der Waals surface area (Å²) in [6, 6.07) is 0. The van der Waals surface area contributed by atoms with Crippen molar-refractivity contribution >= 4 is 10.0 Å². The van der Waals surface area contributed by atoms with Gasteiger partial charge in [0.1, 0.15) is 0 Å². The molecule has 2 aliphatic rings. The molecule has 2 fully saturated rings. The largest absolute Gasteiger partial charge is 0.317 e. The molecule has 2 rings (SSSR count). The van der Waals surface area contributed by atoms with Crippen LogP contribution in [0.3, 0.4) is 0 Å². The molecule has 16 heavy (non-hydrogen) atoms. The molecular weight excluding hydrogens is 224 g/mol. The minimum atomic E-state index is -2.98. The van der Waals surface area contributed by atoms with E-state index in [0.29, 0.717) is 11.7 Å². The van der Waals surface area contributed by atoms with Gasteiger partial charge in [0.05, 0.1) is 5.75 Å². The lowest BCUT2D eigenvalue weighted by Crippen LogP contribution is -2.40. The maximum Gasteiger partial charge on any atom is 0.214 e. The van der Waals surface area contributed by atoms with Crippen LogP contribution in [0.4, 0.5) is 0 Å². The second kappa shape index (κ2) is 5.47. The molecule has 5 heteroatoms. The minimum Gasteiger partial charge on any atom is -0.317 e. The second-order valence-corrected chi connectivity index (χ2v) is 6.95. The van der Waals surface area contributed by atoms with E-state index >= 15 is 0 Å². The van der Waals surface area contributed by atoms with E-state index in [-0.39, 0.29) is 0 Å². The Kier molecular flexibility index (Phi) is 4.21. The highest BCUT2D eigenvalue weighted by atomic mass is 32.2. The summed E-state index contributed by atoms with van der Waals surface area (Å²) in [5.41, 5.74) is 0. The van der Waals surface area contributed by atoms with Crippen LogP contribution < -0.4 is 5.32 Å². The molecule has 4 nitrogen and oxygen atoms in total. The number of rotatable bonds is 3. The highest BCUT2D eigenvalue weighted by Gasteiger charge is 2.27. The smallest absolute Gasteiger partial charge is 0.214 e. The molecule has 0 unspecified atom stereocenters. The van der Waals surface area contributed by atoms with Crippen LogP contribution in [0.2, 0.25) is 0 Å². The Hall–Kier alpha value is -0.130. The predicted molar refractivity (Wildman–Crippen MR) is 64.8 cm³/mol. The Morgan fingerprint density at radius 2 is 1.69 bits per heavy atom. The third-order valence-corrected chi connectivity index (χ3v) is 5.66. The predicted octanol–water partition coefficient (Wildman–Crippen LogP) is 0.802. The normalized spacial score (nSPS) is 25.8. The van der Waals surface area contributed by atoms with E-state index in [1.54, 1.807) is 4.31 Å². The van der Waals surface area contributed by atoms with E-state index in [0.717, 1.165) is 51.9 Å². The van der Waals surface area contributed by atoms with Crippen LogP contribution in [-0.2, 0) is 10.0 Å². The van der Waals surface area contributed by atoms with Crippen molar-refractivity contribution < 1.29 is 8.42 Å². The Morgan fingerprint density at radius 1 is 1.06 bits per heavy atom. The third-order valence-electron chi connectivity index (χ3n) is 3.61. The molecule has 2 heterocycles. The van der Waals surface area contributed by atoms with Gasteiger partial charge >= 0.3 is 0 Å². The van der Waals surface area contributed by atoms with Gasteiger partial charge in [-0.25, -0.2) is 12.7 Å². The summed E-state index contributed by atoms with van der Waals surface area (Å²) in [4.78, 5) is 0. The summed E-state index contributed by atoms with van der Waals surface area (Å²) in [6.07, 6.45) is 5.26. The zero-order valence-electron chi connectivity index (χ0n) is 9.82. The van der Waals surface area contributed by atoms with Gasteiger partial charge in [-0.05, 0) is 44.7 Å². The molecule has 0 radical (unpaired) electrons. The third kappa shape index (κ3) is 3.18. The van der Waals surface area contributed by atoms with Crippen molar-refractivity contribution in [1.82, 2.24) is 9.62 Å². The van der Waals surface area contributed by atoms with Crippen LogP contribution in [0, 0.1) is 5.92 Å². The van der Waals surface area contributed by atoms with Crippen molar-refractivity contribution in [2.45, 2.75) is 32.1 Å². The Labute approximate surface area is 98.4 Å². The van der Waals surface area contributed by atoms with Crippen LogP contribution >= 0.6 is 0 Å². The monoisotopic (exact) mass is 246 g/mol. The van der Waals surface area contributed by atoms with Gasteiger partial charge in [-0.2, -0.15) is 0 Å². The van der Waals surface area contributed by atoms with Crippen LogP contribution in [0.5, 0.6) is 0 Å². The molecule has 0 saturated carbocycles. The summed E-state index contributed by atoms with van der Waals surface area (Å²) in [5.74, 6) is 0.738. The zero-order chi connectivity index (χ0) is 11.4. The Morgan fingerprint density at radius 3 is 2.31 bits per heavy atom. The first-order valence-corrected chi connectivity index (χ1v) is 7.98. The first kappa shape index (κ1) is 12.3. The summed E-state index contributed by atoms with van der Waals surface area (Å²) >= 11 is 0. The van der Waals surface area contributed by atoms with Gasteiger partial charge in [0, 0.05) is 13.1 Å². The fourth-order valence-electron chi connectivity index (χ4n) is 2.59. The molecule has 0 atom stereocenters. The van der Waals surface area contributed by atoms with Crippen LogP contribution in [0.25, 0.3) is 0 Å². The lowest BCUT2D eigenvalue weighted by molar-refractivity contribution is 0.336. The maximum atomic E-state index is 12.2. The first-order valence-electron chi connectivity index (χ1n) is 6.37. The summed E-state index contributed by atoms with van der Waals surface area (Å²) in [6.45, 7) is 3.43. The molecule has 94 valence electrons. The molecule has 0 aliphatic carbocycles. The molecule has 0 aromatic heterocycles. The fourth-order valence-corrected chi connectivity index (χ4v) is 4.55. The van der Waals surface area contributed by atoms with Gasteiger partial charge in [0.2, 0.25) is 10.0 Å². The second-order valence-electron chi connectivity index (χ2n) is 4.93. The molecule has 0 spiro atoms. The lowest BCUT2D eigenvalue weighted by Gasteiger charge is -2.29. The SMILES string of the molecule is O=S(=O)(CC1CCNCC1)N1CCCCC1. The van der Waals surface area contributed by atoms with Gasteiger partial charge in [-0.15, -0.1) is 0 Å². The zero-order valence-corrected chi connectivity index (χ0v) is 10.6. The van der Waals surface area contributed by atoms with Crippen molar-refractivity contribution in [1.29, 1.82) is 0 Å². The van der Waals surface area contributed by atoms with Crippen molar-refractivity contribution in [2.75, 3.05) is 31.9 Å². The van der Waals surface area contributed by atoms with Crippen LogP contribution in [0.15, 0.2) is 0 Å². The summed E-state index contributed by atoms with van der Waals surface area (Å²) < 4.78 is 26.0. The number of hydrogen-bond donors (Lipinski definition) is 1. The van der Waals surface area contributed by atoms with E-state index in [2.05, 4.69) is 5.32 Å². The Bertz CT molecular complexity index is 304. The number of piperidine rings is 2. The molecule has 0 bridgehead atoms. The molecule has 0 amide bonds. The molecule has 1 N–H and O–H groups in total. The fraction of sp³-hybridized carbons (Fsp3) is 1.00. The number of sulfonamides is 1. The number of hydrogen-bond acceptors (Lipinski definition) is 3. The highest BCUT2D eigenvalue weighted by molar-refractivity contribution is 7.89. The van der Waals surface area contributed by atoms with Gasteiger partial charge < -0.3 is 5.32 Å². The van der Waals surface area contributed by atoms with Gasteiger partial charge in [-0.3, -0.25) is 0 Å². The standard InChI is InChI=1S/C11H22N2O2S/c14-16(15,13-8-2-1-3-9-13)10-11-4-6-12-7-5-11/h11-12H,1-10H2. The maximum absolute atomic E-state index is 12.2. The van der Waals surface area contributed by atoms with Crippen LogP contribution in [0.1, 0.15) is 32.1 Å². The van der Waals surface area contributed by atoms with Crippen molar-refractivity contribution in [3.05, 3.63) is 0 Å². The van der Waals surface area contributed by atoms with Gasteiger partial charge in [-0.1, -0.05) is 6.42 Å². The highest BCUT2D eigenvalue weighted by Crippen LogP contribution is 2.19. The minimum absolute atomic E-state index is 0.369. The van der Waals surface area contributed by atoms with Gasteiger partial charge in [0.25, 0.3) is 0 Å². The quantitative estimate of drug-likeness (QED) is 0.801. The van der Waals surface area contributed by atoms with Crippen LogP contribution in [-0.4, -0.2) is 44.7 Å². The number of nitrogens with zero attached hydrogens (tertiary/aromatic N) is 1. The molecule has 0 aromatic carbocycles. The average molecular weight is 246 g/mol. The van der Waals surface area contributed by atoms with Crippen molar-refractivity contribution in [2.24, 2.45) is 5.92 Å². The summed E-state index contributed by atoms with van der Waals surface area (Å²) in [5, 5.41) is 3.27. The van der Waals surface area contributed by atoms with E-state index in [9.17, 15) is 8.42 Å². The lowest BCUT2D eigenvalue weighted by atomic mass is 10.0. The van der Waals surface area contributed by atoms with E-state index < -0.39 is 10.0 Å². The van der Waals surface area contributed by atoms with Crippen molar-refractivity contribution in [3.8, 4) is 0 Å². The summed E-state index contributed by atoms with van der Waals surface area (Å²) in [7, 11) is -2.98. The molecule has 2 aliphatic heterocycles. The first-order chi connectivity index (χ1) is 7.68. The molecule has 2 saturated heterocycles. The van der Waals surface area contributed by atoms with E-state index in [1.807, 2.05) is 0 Å². The van der Waals surface area contributed by atoms with Gasteiger partial charge in [0.15, 0.2) is 0 Å². The Balaban J connectivity index is 1.90. The van der Waals surface area contributed by atoms with E-state index in [1.165, 1.54) is 6.42 Å². The average Bonchev–Trinajstić information content (AvgIpc) is 2.31. The van der Waals surface area contributed by atoms with Crippen molar-refractivity contribution in [3.63, 3.8) is 0 Å². The molecule has 0 aromatic rings.